The Morgan fingerprint density at radius 3 is 2.78 bits per heavy atom. The number of benzene rings is 1. The smallest absolute Gasteiger partial charge is 0.255 e. The van der Waals surface area contributed by atoms with Crippen LogP contribution in [0.25, 0.3) is 0 Å². The van der Waals surface area contributed by atoms with E-state index in [1.807, 2.05) is 0 Å². The molecule has 0 unspecified atom stereocenters. The molecule has 0 saturated heterocycles. The SMILES string of the molecule is C=C(O)[C@H]1C(=O)Nc2c(C)nc(NCc3cnn(Cc4ccc(F)c(F)c4)c3)nc2N1C. The molecule has 3 N–H and O–H groups in total. The predicted octanol–water partition coefficient (Wildman–Crippen LogP) is 2.75. The van der Waals surface area contributed by atoms with E-state index >= 15 is 0 Å². The topological polar surface area (TPSA) is 108 Å². The summed E-state index contributed by atoms with van der Waals surface area (Å²) in [7, 11) is 1.64. The van der Waals surface area contributed by atoms with Crippen molar-refractivity contribution in [3.05, 3.63) is 71.4 Å². The predicted molar refractivity (Wildman–Crippen MR) is 114 cm³/mol. The number of aliphatic hydroxyl groups is 1. The molecule has 9 nitrogen and oxygen atoms in total. The number of hydrogen-bond donors (Lipinski definition) is 3. The maximum absolute atomic E-state index is 13.4. The molecule has 1 aliphatic heterocycles. The zero-order valence-corrected chi connectivity index (χ0v) is 17.4. The van der Waals surface area contributed by atoms with Gasteiger partial charge in [-0.2, -0.15) is 10.1 Å². The highest BCUT2D eigenvalue weighted by molar-refractivity contribution is 6.04. The van der Waals surface area contributed by atoms with Crippen LogP contribution in [-0.2, 0) is 17.9 Å². The minimum absolute atomic E-state index is 0.283. The Bertz CT molecular complexity index is 1210. The summed E-state index contributed by atoms with van der Waals surface area (Å²) in [5.41, 5.74) is 2.45. The fourth-order valence-corrected chi connectivity index (χ4v) is 3.49. The maximum Gasteiger partial charge on any atom is 0.255 e. The summed E-state index contributed by atoms with van der Waals surface area (Å²) in [6, 6.07) is 2.79. The second kappa shape index (κ2) is 8.25. The van der Waals surface area contributed by atoms with Gasteiger partial charge in [0.15, 0.2) is 23.5 Å². The molecule has 4 rings (SSSR count). The molecule has 2 aromatic heterocycles. The number of fused-ring (bicyclic) bond motifs is 1. The third-order valence-corrected chi connectivity index (χ3v) is 5.07. The van der Waals surface area contributed by atoms with Crippen LogP contribution >= 0.6 is 0 Å². The molecule has 1 amide bonds. The molecule has 1 aliphatic rings. The Balaban J connectivity index is 1.47. The van der Waals surface area contributed by atoms with Gasteiger partial charge >= 0.3 is 0 Å². The highest BCUT2D eigenvalue weighted by Gasteiger charge is 2.35. The lowest BCUT2D eigenvalue weighted by atomic mass is 10.1. The molecule has 0 saturated carbocycles. The van der Waals surface area contributed by atoms with Crippen molar-refractivity contribution in [2.75, 3.05) is 22.6 Å². The van der Waals surface area contributed by atoms with Crippen LogP contribution in [0.3, 0.4) is 0 Å². The number of aryl methyl sites for hydroxylation is 1. The van der Waals surface area contributed by atoms with Gasteiger partial charge in [0.25, 0.3) is 5.91 Å². The van der Waals surface area contributed by atoms with E-state index in [0.717, 1.165) is 17.7 Å². The molecule has 3 aromatic rings. The molecular formula is C21H21F2N7O2. The van der Waals surface area contributed by atoms with Gasteiger partial charge in [-0.25, -0.2) is 13.8 Å². The number of nitrogens with zero attached hydrogens (tertiary/aromatic N) is 5. The van der Waals surface area contributed by atoms with Gasteiger partial charge in [0.2, 0.25) is 5.95 Å². The van der Waals surface area contributed by atoms with Crippen molar-refractivity contribution in [1.29, 1.82) is 0 Å². The fourth-order valence-electron chi connectivity index (χ4n) is 3.49. The van der Waals surface area contributed by atoms with Gasteiger partial charge < -0.3 is 20.6 Å². The van der Waals surface area contributed by atoms with Gasteiger partial charge in [-0.1, -0.05) is 12.6 Å². The minimum Gasteiger partial charge on any atom is -0.510 e. The number of nitrogens with one attached hydrogen (secondary N) is 2. The molecule has 0 radical (unpaired) electrons. The summed E-state index contributed by atoms with van der Waals surface area (Å²) in [5.74, 6) is -1.69. The van der Waals surface area contributed by atoms with E-state index < -0.39 is 23.6 Å². The lowest BCUT2D eigenvalue weighted by molar-refractivity contribution is -0.117. The van der Waals surface area contributed by atoms with Crippen LogP contribution in [-0.4, -0.2) is 43.9 Å². The van der Waals surface area contributed by atoms with Gasteiger partial charge in [-0.15, -0.1) is 0 Å². The van der Waals surface area contributed by atoms with E-state index in [0.29, 0.717) is 41.8 Å². The molecule has 0 aliphatic carbocycles. The molecule has 11 heteroatoms. The zero-order chi connectivity index (χ0) is 23.0. The highest BCUT2D eigenvalue weighted by atomic mass is 19.2. The number of aliphatic hydroxyl groups excluding tert-OH is 1. The number of likely N-dealkylation sites (N-methyl/N-ethyl adjacent to an activating group) is 1. The number of rotatable bonds is 6. The highest BCUT2D eigenvalue weighted by Crippen LogP contribution is 2.33. The molecule has 166 valence electrons. The normalized spacial score (nSPS) is 15.3. The first kappa shape index (κ1) is 21.2. The van der Waals surface area contributed by atoms with Gasteiger partial charge in [0.05, 0.1) is 18.4 Å². The van der Waals surface area contributed by atoms with E-state index in [4.69, 9.17) is 0 Å². The first-order chi connectivity index (χ1) is 15.2. The lowest BCUT2D eigenvalue weighted by Crippen LogP contribution is -2.47. The fraction of sp³-hybridized carbons (Fsp3) is 0.238. The van der Waals surface area contributed by atoms with Gasteiger partial charge in [0.1, 0.15) is 11.4 Å². The Morgan fingerprint density at radius 2 is 2.06 bits per heavy atom. The average Bonchev–Trinajstić information content (AvgIpc) is 3.17. The summed E-state index contributed by atoms with van der Waals surface area (Å²) >= 11 is 0. The quantitative estimate of drug-likeness (QED) is 0.505. The first-order valence-electron chi connectivity index (χ1n) is 9.72. The Hall–Kier alpha value is -4.02. The van der Waals surface area contributed by atoms with Crippen molar-refractivity contribution in [3.63, 3.8) is 0 Å². The summed E-state index contributed by atoms with van der Waals surface area (Å²) in [6.07, 6.45) is 3.42. The van der Waals surface area contributed by atoms with Gasteiger partial charge in [0, 0.05) is 25.4 Å². The largest absolute Gasteiger partial charge is 0.510 e. The molecular weight excluding hydrogens is 420 g/mol. The van der Waals surface area contributed by atoms with Crippen LogP contribution in [0.2, 0.25) is 0 Å². The average molecular weight is 441 g/mol. The number of carbonyl (C=O) groups is 1. The number of aromatic nitrogens is 4. The molecule has 1 aromatic carbocycles. The van der Waals surface area contributed by atoms with E-state index in [2.05, 4.69) is 32.3 Å². The number of carbonyl (C=O) groups excluding carboxylic acids is 1. The Kier molecular flexibility index (Phi) is 5.47. The minimum atomic E-state index is -0.945. The summed E-state index contributed by atoms with van der Waals surface area (Å²) < 4.78 is 28.1. The molecule has 3 heterocycles. The molecule has 1 atom stereocenters. The van der Waals surface area contributed by atoms with Crippen molar-refractivity contribution in [2.45, 2.75) is 26.1 Å². The summed E-state index contributed by atoms with van der Waals surface area (Å²) in [6.45, 7) is 5.86. The maximum atomic E-state index is 13.4. The third kappa shape index (κ3) is 4.09. The van der Waals surface area contributed by atoms with Crippen molar-refractivity contribution >= 4 is 23.4 Å². The standard InChI is InChI=1S/C21H21F2N7O2/c1-11-17-19(29(3)18(12(2)31)20(32)27-17)28-21(26-11)24-7-14-8-25-30(10-14)9-13-4-5-15(22)16(23)6-13/h4-6,8,10,18,31H,2,7,9H2,1,3H3,(H,27,32)(H,24,26,28)/t18-/m0/s1. The molecule has 0 spiro atoms. The van der Waals surface area contributed by atoms with Crippen molar-refractivity contribution < 1.29 is 18.7 Å². The van der Waals surface area contributed by atoms with E-state index in [1.54, 1.807) is 31.0 Å². The van der Waals surface area contributed by atoms with E-state index in [9.17, 15) is 18.7 Å². The molecule has 0 fully saturated rings. The second-order valence-electron chi connectivity index (χ2n) is 7.47. The first-order valence-corrected chi connectivity index (χ1v) is 9.72. The second-order valence-corrected chi connectivity index (χ2v) is 7.47. The summed E-state index contributed by atoms with van der Waals surface area (Å²) in [5, 5.41) is 19.8. The molecule has 32 heavy (non-hydrogen) atoms. The lowest BCUT2D eigenvalue weighted by Gasteiger charge is -2.34. The summed E-state index contributed by atoms with van der Waals surface area (Å²) in [4.78, 5) is 22.6. The van der Waals surface area contributed by atoms with Crippen LogP contribution < -0.4 is 15.5 Å². The van der Waals surface area contributed by atoms with Crippen molar-refractivity contribution in [1.82, 2.24) is 19.7 Å². The van der Waals surface area contributed by atoms with Crippen molar-refractivity contribution in [2.24, 2.45) is 0 Å². The van der Waals surface area contributed by atoms with E-state index in [-0.39, 0.29) is 5.76 Å². The van der Waals surface area contributed by atoms with Gasteiger partial charge in [-0.3, -0.25) is 9.48 Å². The third-order valence-electron chi connectivity index (χ3n) is 5.07. The van der Waals surface area contributed by atoms with Gasteiger partial charge in [-0.05, 0) is 24.6 Å². The monoisotopic (exact) mass is 441 g/mol. The number of anilines is 3. The zero-order valence-electron chi connectivity index (χ0n) is 17.4. The molecule has 0 bridgehead atoms. The Labute approximate surface area is 182 Å². The van der Waals surface area contributed by atoms with Crippen molar-refractivity contribution in [3.8, 4) is 0 Å². The van der Waals surface area contributed by atoms with Crippen LogP contribution in [0, 0.1) is 18.6 Å². The van der Waals surface area contributed by atoms with Crippen LogP contribution in [0.1, 0.15) is 16.8 Å². The van der Waals surface area contributed by atoms with Crippen LogP contribution in [0.4, 0.5) is 26.2 Å². The van der Waals surface area contributed by atoms with Crippen LogP contribution in [0.5, 0.6) is 0 Å². The number of halogens is 2. The van der Waals surface area contributed by atoms with Crippen LogP contribution in [0.15, 0.2) is 42.9 Å². The van der Waals surface area contributed by atoms with E-state index in [1.165, 1.54) is 11.0 Å². The number of hydrogen-bond acceptors (Lipinski definition) is 7. The Morgan fingerprint density at radius 1 is 1.28 bits per heavy atom. The number of amides is 1.